The molecule has 0 saturated heterocycles. The maximum absolute atomic E-state index is 11.3. The summed E-state index contributed by atoms with van der Waals surface area (Å²) in [5.41, 5.74) is 2.68. The van der Waals surface area contributed by atoms with E-state index >= 15 is 0 Å². The van der Waals surface area contributed by atoms with Crippen LogP contribution < -0.4 is 10.2 Å². The number of amides is 1. The van der Waals surface area contributed by atoms with Crippen molar-refractivity contribution in [3.8, 4) is 5.75 Å². The van der Waals surface area contributed by atoms with Crippen molar-refractivity contribution in [2.75, 3.05) is 13.7 Å². The van der Waals surface area contributed by atoms with Crippen LogP contribution in [0.1, 0.15) is 5.56 Å². The van der Waals surface area contributed by atoms with Gasteiger partial charge in [-0.05, 0) is 24.3 Å². The molecule has 0 spiro atoms. The van der Waals surface area contributed by atoms with Gasteiger partial charge in [0.2, 0.25) is 0 Å². The molecule has 0 radical (unpaired) electrons. The molecule has 0 aliphatic heterocycles. The topological polar surface area (TPSA) is 84.9 Å². The summed E-state index contributed by atoms with van der Waals surface area (Å²) in [6, 6.07) is 5.34. The average molecular weight is 330 g/mol. The molecule has 19 heavy (non-hydrogen) atoms. The molecular formula is C12H12BrNO5. The Morgan fingerprint density at radius 1 is 1.47 bits per heavy atom. The van der Waals surface area contributed by atoms with Crippen molar-refractivity contribution in [3.05, 3.63) is 34.3 Å². The van der Waals surface area contributed by atoms with Gasteiger partial charge in [-0.2, -0.15) is 0 Å². The number of methoxy groups -OCH3 is 1. The highest BCUT2D eigenvalue weighted by molar-refractivity contribution is 9.10. The number of ether oxygens (including phenoxy) is 1. The maximum atomic E-state index is 11.3. The predicted molar refractivity (Wildman–Crippen MR) is 71.5 cm³/mol. The molecule has 0 aliphatic carbocycles. The number of carboxylic acid groups (broad SMARTS) is 1. The monoisotopic (exact) mass is 329 g/mol. The Balaban J connectivity index is 2.62. The van der Waals surface area contributed by atoms with E-state index in [-0.39, 0.29) is 0 Å². The minimum absolute atomic E-state index is 0.566. The molecule has 0 unspecified atom stereocenters. The number of benzene rings is 1. The molecule has 2 N–H and O–H groups in total. The molecule has 1 aromatic rings. The van der Waals surface area contributed by atoms with Crippen molar-refractivity contribution >= 4 is 33.9 Å². The highest BCUT2D eigenvalue weighted by Crippen LogP contribution is 2.23. The molecule has 7 heteroatoms. The summed E-state index contributed by atoms with van der Waals surface area (Å²) in [4.78, 5) is 25.9. The van der Waals surface area contributed by atoms with Gasteiger partial charge in [-0.1, -0.05) is 15.9 Å². The van der Waals surface area contributed by atoms with Gasteiger partial charge in [0.15, 0.2) is 6.61 Å². The van der Waals surface area contributed by atoms with E-state index in [2.05, 4.69) is 20.8 Å². The molecule has 1 aromatic carbocycles. The van der Waals surface area contributed by atoms with Crippen molar-refractivity contribution in [2.24, 2.45) is 0 Å². The summed E-state index contributed by atoms with van der Waals surface area (Å²) in [6.07, 6.45) is 2.75. The summed E-state index contributed by atoms with van der Waals surface area (Å²) < 4.78 is 5.98. The standard InChI is InChI=1S/C12H12BrNO5/c1-18-10-4-3-9(13)6-8(10)2-5-11(15)14-19-7-12(16)17/h2-6H,7H2,1H3,(H,14,15)(H,16,17). The van der Waals surface area contributed by atoms with Gasteiger partial charge in [0, 0.05) is 16.1 Å². The lowest BCUT2D eigenvalue weighted by molar-refractivity contribution is -0.147. The lowest BCUT2D eigenvalue weighted by atomic mass is 10.2. The average Bonchev–Trinajstić information content (AvgIpc) is 2.36. The summed E-state index contributed by atoms with van der Waals surface area (Å²) in [5, 5.41) is 8.32. The van der Waals surface area contributed by atoms with Crippen LogP contribution >= 0.6 is 15.9 Å². The summed E-state index contributed by atoms with van der Waals surface area (Å²) in [7, 11) is 1.52. The van der Waals surface area contributed by atoms with Gasteiger partial charge in [0.1, 0.15) is 5.75 Å². The first kappa shape index (κ1) is 15.2. The second-order valence-corrected chi connectivity index (χ2v) is 4.28. The van der Waals surface area contributed by atoms with Crippen molar-refractivity contribution in [1.82, 2.24) is 5.48 Å². The lowest BCUT2D eigenvalue weighted by Crippen LogP contribution is -2.24. The van der Waals surface area contributed by atoms with Crippen LogP contribution in [-0.2, 0) is 14.4 Å². The van der Waals surface area contributed by atoms with E-state index in [1.54, 1.807) is 12.1 Å². The SMILES string of the molecule is COc1ccc(Br)cc1C=CC(=O)NOCC(=O)O. The highest BCUT2D eigenvalue weighted by Gasteiger charge is 2.02. The van der Waals surface area contributed by atoms with E-state index in [9.17, 15) is 9.59 Å². The molecule has 102 valence electrons. The number of nitrogens with one attached hydrogen (secondary N) is 1. The molecule has 1 rings (SSSR count). The number of carbonyl (C=O) groups is 2. The zero-order chi connectivity index (χ0) is 14.3. The molecule has 0 heterocycles. The first-order chi connectivity index (χ1) is 9.02. The van der Waals surface area contributed by atoms with E-state index in [1.807, 2.05) is 11.5 Å². The summed E-state index contributed by atoms with van der Waals surface area (Å²) in [5.74, 6) is -1.13. The molecule has 0 bridgehead atoms. The fourth-order valence-corrected chi connectivity index (χ4v) is 1.58. The van der Waals surface area contributed by atoms with Crippen LogP contribution in [0.5, 0.6) is 5.75 Å². The lowest BCUT2D eigenvalue weighted by Gasteiger charge is -2.05. The third kappa shape index (κ3) is 5.54. The number of halogens is 1. The number of hydrogen-bond acceptors (Lipinski definition) is 4. The van der Waals surface area contributed by atoms with Gasteiger partial charge in [-0.25, -0.2) is 10.3 Å². The minimum atomic E-state index is -1.17. The third-order valence-corrected chi connectivity index (χ3v) is 2.47. The number of carbonyl (C=O) groups excluding carboxylic acids is 1. The summed E-state index contributed by atoms with van der Waals surface area (Å²) >= 11 is 3.31. The molecular weight excluding hydrogens is 318 g/mol. The fraction of sp³-hybridized carbons (Fsp3) is 0.167. The molecule has 6 nitrogen and oxygen atoms in total. The first-order valence-corrected chi connectivity index (χ1v) is 5.97. The fourth-order valence-electron chi connectivity index (χ4n) is 1.20. The van der Waals surface area contributed by atoms with Gasteiger partial charge in [0.25, 0.3) is 5.91 Å². The van der Waals surface area contributed by atoms with E-state index < -0.39 is 18.5 Å². The van der Waals surface area contributed by atoms with Gasteiger partial charge in [0.05, 0.1) is 7.11 Å². The van der Waals surface area contributed by atoms with Gasteiger partial charge >= 0.3 is 5.97 Å². The Morgan fingerprint density at radius 2 is 2.21 bits per heavy atom. The molecule has 0 saturated carbocycles. The van der Waals surface area contributed by atoms with Crippen molar-refractivity contribution in [1.29, 1.82) is 0 Å². The number of rotatable bonds is 6. The number of carboxylic acids is 1. The van der Waals surface area contributed by atoms with E-state index in [4.69, 9.17) is 9.84 Å². The maximum Gasteiger partial charge on any atom is 0.332 e. The summed E-state index contributed by atoms with van der Waals surface area (Å²) in [6.45, 7) is -0.597. The molecule has 0 aromatic heterocycles. The van der Waals surface area contributed by atoms with Gasteiger partial charge in [-0.15, -0.1) is 0 Å². The van der Waals surface area contributed by atoms with Gasteiger partial charge in [-0.3, -0.25) is 9.63 Å². The van der Waals surface area contributed by atoms with Crippen LogP contribution in [0.3, 0.4) is 0 Å². The Kier molecular flexibility index (Phi) is 6.04. The van der Waals surface area contributed by atoms with E-state index in [0.29, 0.717) is 11.3 Å². The van der Waals surface area contributed by atoms with Crippen LogP contribution in [0.25, 0.3) is 6.08 Å². The zero-order valence-corrected chi connectivity index (χ0v) is 11.6. The molecule has 0 atom stereocenters. The van der Waals surface area contributed by atoms with Crippen LogP contribution in [-0.4, -0.2) is 30.7 Å². The van der Waals surface area contributed by atoms with Gasteiger partial charge < -0.3 is 9.84 Å². The molecule has 0 aliphatic rings. The van der Waals surface area contributed by atoms with Crippen LogP contribution in [0.4, 0.5) is 0 Å². The number of hydrogen-bond donors (Lipinski definition) is 2. The molecule has 0 fully saturated rings. The van der Waals surface area contributed by atoms with E-state index in [1.165, 1.54) is 19.3 Å². The van der Waals surface area contributed by atoms with Crippen molar-refractivity contribution in [2.45, 2.75) is 0 Å². The highest BCUT2D eigenvalue weighted by atomic mass is 79.9. The Bertz CT molecular complexity index is 501. The second kappa shape index (κ2) is 7.55. The second-order valence-electron chi connectivity index (χ2n) is 3.37. The third-order valence-electron chi connectivity index (χ3n) is 1.97. The minimum Gasteiger partial charge on any atom is -0.496 e. The zero-order valence-electron chi connectivity index (χ0n) is 10.1. The predicted octanol–water partition coefficient (Wildman–Crippen LogP) is 1.60. The Labute approximate surface area is 118 Å². The number of aliphatic carboxylic acids is 1. The normalized spacial score (nSPS) is 10.4. The Morgan fingerprint density at radius 3 is 2.84 bits per heavy atom. The first-order valence-electron chi connectivity index (χ1n) is 5.18. The van der Waals surface area contributed by atoms with Crippen LogP contribution in [0.15, 0.2) is 28.7 Å². The van der Waals surface area contributed by atoms with Crippen molar-refractivity contribution in [3.63, 3.8) is 0 Å². The largest absolute Gasteiger partial charge is 0.496 e. The molecule has 1 amide bonds. The quantitative estimate of drug-likeness (QED) is 0.611. The van der Waals surface area contributed by atoms with Crippen LogP contribution in [0.2, 0.25) is 0 Å². The van der Waals surface area contributed by atoms with Crippen LogP contribution in [0, 0.1) is 0 Å². The van der Waals surface area contributed by atoms with E-state index in [0.717, 1.165) is 4.47 Å². The smallest absolute Gasteiger partial charge is 0.332 e. The van der Waals surface area contributed by atoms with Crippen molar-refractivity contribution < 1.29 is 24.3 Å². The Hall–Kier alpha value is -1.86. The number of hydroxylamine groups is 1.